The van der Waals surface area contributed by atoms with Gasteiger partial charge in [0.1, 0.15) is 17.1 Å². The summed E-state index contributed by atoms with van der Waals surface area (Å²) in [4.78, 5) is 12.2. The van der Waals surface area contributed by atoms with Gasteiger partial charge in [-0.25, -0.2) is 4.68 Å². The number of rotatable bonds is 5. The van der Waals surface area contributed by atoms with Crippen LogP contribution in [-0.4, -0.2) is 31.1 Å². The van der Waals surface area contributed by atoms with E-state index < -0.39 is 0 Å². The molecule has 1 N–H and O–H groups in total. The quantitative estimate of drug-likeness (QED) is 0.598. The first-order valence-electron chi connectivity index (χ1n) is 7.72. The van der Waals surface area contributed by atoms with Gasteiger partial charge < -0.3 is 0 Å². The van der Waals surface area contributed by atoms with Crippen LogP contribution >= 0.6 is 11.3 Å². The van der Waals surface area contributed by atoms with Gasteiger partial charge in [-0.15, -0.1) is 15.3 Å². The Morgan fingerprint density at radius 3 is 2.68 bits per heavy atom. The van der Waals surface area contributed by atoms with Crippen molar-refractivity contribution in [3.05, 3.63) is 65.2 Å². The van der Waals surface area contributed by atoms with Crippen LogP contribution in [-0.2, 0) is 17.8 Å². The van der Waals surface area contributed by atoms with E-state index in [4.69, 9.17) is 0 Å². The first-order valence-corrected chi connectivity index (χ1v) is 8.54. The molecule has 8 heteroatoms. The molecule has 2 aromatic carbocycles. The van der Waals surface area contributed by atoms with E-state index in [0.29, 0.717) is 11.6 Å². The van der Waals surface area contributed by atoms with Crippen molar-refractivity contribution in [2.24, 2.45) is 0 Å². The molecule has 124 valence electrons. The molecule has 0 atom stereocenters. The van der Waals surface area contributed by atoms with Crippen LogP contribution in [0.15, 0.2) is 54.6 Å². The van der Waals surface area contributed by atoms with Gasteiger partial charge in [0.2, 0.25) is 11.0 Å². The molecule has 0 aliphatic carbocycles. The number of fused-ring (bicyclic) bond motifs is 1. The highest BCUT2D eigenvalue weighted by Crippen LogP contribution is 2.18. The standard InChI is InChI=1S/C17H14N6OS/c24-15(11-23-14-9-5-4-8-13(14)19-22-23)18-17-21-20-16(25-17)10-12-6-2-1-3-7-12/h1-9H,10-11H2,(H,18,21,24). The van der Waals surface area contributed by atoms with Gasteiger partial charge in [-0.2, -0.15) is 0 Å². The van der Waals surface area contributed by atoms with E-state index in [1.807, 2.05) is 54.6 Å². The third kappa shape index (κ3) is 3.53. The average Bonchev–Trinajstić information content (AvgIpc) is 3.23. The van der Waals surface area contributed by atoms with E-state index >= 15 is 0 Å². The SMILES string of the molecule is O=C(Cn1nnc2ccccc21)Nc1nnc(Cc2ccccc2)s1. The van der Waals surface area contributed by atoms with Crippen molar-refractivity contribution in [2.75, 3.05) is 5.32 Å². The second-order valence-electron chi connectivity index (χ2n) is 5.45. The Kier molecular flexibility index (Phi) is 4.17. The van der Waals surface area contributed by atoms with Crippen LogP contribution in [0.4, 0.5) is 5.13 Å². The molecule has 0 radical (unpaired) electrons. The third-order valence-electron chi connectivity index (χ3n) is 3.62. The van der Waals surface area contributed by atoms with E-state index in [-0.39, 0.29) is 12.5 Å². The molecule has 4 aromatic rings. The second-order valence-corrected chi connectivity index (χ2v) is 6.51. The molecule has 2 aromatic heterocycles. The lowest BCUT2D eigenvalue weighted by molar-refractivity contribution is -0.116. The fraction of sp³-hybridized carbons (Fsp3) is 0.118. The number of carbonyl (C=O) groups is 1. The van der Waals surface area contributed by atoms with Crippen molar-refractivity contribution in [2.45, 2.75) is 13.0 Å². The summed E-state index contributed by atoms with van der Waals surface area (Å²) in [5, 5.41) is 20.3. The van der Waals surface area contributed by atoms with Crippen LogP contribution < -0.4 is 5.32 Å². The van der Waals surface area contributed by atoms with Crippen molar-refractivity contribution in [3.63, 3.8) is 0 Å². The molecule has 0 fully saturated rings. The van der Waals surface area contributed by atoms with Gasteiger partial charge in [-0.1, -0.05) is 59.0 Å². The van der Waals surface area contributed by atoms with Crippen molar-refractivity contribution >= 4 is 33.4 Å². The van der Waals surface area contributed by atoms with Crippen molar-refractivity contribution in [1.82, 2.24) is 25.2 Å². The van der Waals surface area contributed by atoms with Gasteiger partial charge in [-0.05, 0) is 17.7 Å². The van der Waals surface area contributed by atoms with Gasteiger partial charge in [0.25, 0.3) is 0 Å². The number of nitrogens with zero attached hydrogens (tertiary/aromatic N) is 5. The summed E-state index contributed by atoms with van der Waals surface area (Å²) in [5.41, 5.74) is 2.74. The number of para-hydroxylation sites is 1. The summed E-state index contributed by atoms with van der Waals surface area (Å²) in [6, 6.07) is 17.5. The molecule has 1 amide bonds. The summed E-state index contributed by atoms with van der Waals surface area (Å²) < 4.78 is 1.57. The Bertz CT molecular complexity index is 1010. The van der Waals surface area contributed by atoms with Crippen LogP contribution in [0.3, 0.4) is 0 Å². The number of aromatic nitrogens is 5. The Morgan fingerprint density at radius 2 is 1.80 bits per heavy atom. The van der Waals surface area contributed by atoms with Crippen LogP contribution in [0.25, 0.3) is 11.0 Å². The van der Waals surface area contributed by atoms with Crippen LogP contribution in [0, 0.1) is 0 Å². The molecule has 0 unspecified atom stereocenters. The largest absolute Gasteiger partial charge is 0.299 e. The lowest BCUT2D eigenvalue weighted by Gasteiger charge is -2.01. The van der Waals surface area contributed by atoms with Crippen molar-refractivity contribution < 1.29 is 4.79 Å². The average molecular weight is 350 g/mol. The molecule has 0 saturated carbocycles. The van der Waals surface area contributed by atoms with Crippen molar-refractivity contribution in [3.8, 4) is 0 Å². The maximum Gasteiger partial charge on any atom is 0.248 e. The van der Waals surface area contributed by atoms with Crippen molar-refractivity contribution in [1.29, 1.82) is 0 Å². The van der Waals surface area contributed by atoms with E-state index in [1.54, 1.807) is 4.68 Å². The minimum atomic E-state index is -0.210. The fourth-order valence-electron chi connectivity index (χ4n) is 2.47. The summed E-state index contributed by atoms with van der Waals surface area (Å²) in [6.07, 6.45) is 0.697. The molecule has 0 bridgehead atoms. The highest BCUT2D eigenvalue weighted by Gasteiger charge is 2.11. The molecule has 0 aliphatic heterocycles. The van der Waals surface area contributed by atoms with E-state index in [2.05, 4.69) is 25.8 Å². The maximum absolute atomic E-state index is 12.2. The van der Waals surface area contributed by atoms with Gasteiger partial charge in [0.05, 0.1) is 5.52 Å². The van der Waals surface area contributed by atoms with E-state index in [0.717, 1.165) is 21.6 Å². The molecule has 2 heterocycles. The molecule has 7 nitrogen and oxygen atoms in total. The minimum absolute atomic E-state index is 0.0775. The molecule has 0 spiro atoms. The summed E-state index contributed by atoms with van der Waals surface area (Å²) in [5.74, 6) is -0.210. The van der Waals surface area contributed by atoms with Gasteiger partial charge in [0.15, 0.2) is 0 Å². The molecule has 0 aliphatic rings. The zero-order chi connectivity index (χ0) is 17.1. The van der Waals surface area contributed by atoms with Crippen LogP contribution in [0.5, 0.6) is 0 Å². The summed E-state index contributed by atoms with van der Waals surface area (Å²) >= 11 is 1.37. The first-order chi connectivity index (χ1) is 12.3. The minimum Gasteiger partial charge on any atom is -0.299 e. The number of hydrogen-bond donors (Lipinski definition) is 1. The number of benzene rings is 2. The molecule has 4 rings (SSSR count). The Balaban J connectivity index is 1.41. The number of carbonyl (C=O) groups excluding carboxylic acids is 1. The molecule has 25 heavy (non-hydrogen) atoms. The smallest absolute Gasteiger partial charge is 0.248 e. The molecule has 0 saturated heterocycles. The Hall–Kier alpha value is -3.13. The lowest BCUT2D eigenvalue weighted by atomic mass is 10.2. The predicted octanol–water partition coefficient (Wildman–Crippen LogP) is 2.51. The summed E-state index contributed by atoms with van der Waals surface area (Å²) in [7, 11) is 0. The second kappa shape index (κ2) is 6.78. The zero-order valence-electron chi connectivity index (χ0n) is 13.2. The van der Waals surface area contributed by atoms with Crippen LogP contribution in [0.2, 0.25) is 0 Å². The van der Waals surface area contributed by atoms with E-state index in [9.17, 15) is 4.79 Å². The van der Waals surface area contributed by atoms with E-state index in [1.165, 1.54) is 11.3 Å². The molecular formula is C17H14N6OS. The Labute approximate surface area is 147 Å². The number of anilines is 1. The maximum atomic E-state index is 12.2. The Morgan fingerprint density at radius 1 is 1.00 bits per heavy atom. The first kappa shape index (κ1) is 15.4. The number of amides is 1. The lowest BCUT2D eigenvalue weighted by Crippen LogP contribution is -2.19. The highest BCUT2D eigenvalue weighted by atomic mass is 32.1. The van der Waals surface area contributed by atoms with Gasteiger partial charge in [-0.3, -0.25) is 10.1 Å². The number of hydrogen-bond acceptors (Lipinski definition) is 6. The van der Waals surface area contributed by atoms with Crippen LogP contribution in [0.1, 0.15) is 10.6 Å². The fourth-order valence-corrected chi connectivity index (χ4v) is 3.27. The monoisotopic (exact) mass is 350 g/mol. The topological polar surface area (TPSA) is 85.6 Å². The number of nitrogens with one attached hydrogen (secondary N) is 1. The van der Waals surface area contributed by atoms with Gasteiger partial charge >= 0.3 is 0 Å². The molecular weight excluding hydrogens is 336 g/mol. The normalized spacial score (nSPS) is 10.9. The zero-order valence-corrected chi connectivity index (χ0v) is 14.0. The third-order valence-corrected chi connectivity index (χ3v) is 4.46. The highest BCUT2D eigenvalue weighted by molar-refractivity contribution is 7.15. The summed E-state index contributed by atoms with van der Waals surface area (Å²) in [6.45, 7) is 0.0775. The van der Waals surface area contributed by atoms with Gasteiger partial charge in [0, 0.05) is 6.42 Å². The predicted molar refractivity (Wildman–Crippen MR) is 95.3 cm³/mol.